The van der Waals surface area contributed by atoms with Crippen molar-refractivity contribution in [1.82, 2.24) is 13.9 Å². The Kier molecular flexibility index (Phi) is 9.01. The van der Waals surface area contributed by atoms with Gasteiger partial charge in [0.15, 0.2) is 5.60 Å². The maximum atomic E-state index is 13.9. The number of hydrogen-bond acceptors (Lipinski definition) is 8. The Morgan fingerprint density at radius 3 is 2.67 bits per heavy atom. The minimum absolute atomic E-state index is 0.0615. The highest BCUT2D eigenvalue weighted by atomic mass is 35.5. The number of aliphatic hydroxyl groups is 2. The summed E-state index contributed by atoms with van der Waals surface area (Å²) >= 11 is 6.42. The molecule has 1 spiro atoms. The van der Waals surface area contributed by atoms with Crippen LogP contribution in [0.15, 0.2) is 48.6 Å². The molecule has 3 aliphatic heterocycles. The van der Waals surface area contributed by atoms with Crippen LogP contribution < -0.4 is 14.4 Å². The van der Waals surface area contributed by atoms with Gasteiger partial charge >= 0.3 is 10.2 Å². The number of carbonyl (C=O) groups is 2. The lowest BCUT2D eigenvalue weighted by molar-refractivity contribution is -0.153. The molecule has 13 heteroatoms. The van der Waals surface area contributed by atoms with Crippen molar-refractivity contribution in [2.24, 2.45) is 11.8 Å². The summed E-state index contributed by atoms with van der Waals surface area (Å²) in [6.07, 6.45) is 8.42. The van der Waals surface area contributed by atoms with E-state index in [2.05, 4.69) is 11.0 Å². The normalized spacial score (nSPS) is 32.1. The van der Waals surface area contributed by atoms with Gasteiger partial charge in [0, 0.05) is 50.2 Å². The van der Waals surface area contributed by atoms with Crippen LogP contribution in [-0.2, 0) is 37.2 Å². The zero-order valence-corrected chi connectivity index (χ0v) is 29.5. The molecule has 264 valence electrons. The van der Waals surface area contributed by atoms with Gasteiger partial charge in [-0.2, -0.15) is 12.7 Å². The van der Waals surface area contributed by atoms with Gasteiger partial charge in [-0.15, -0.1) is 0 Å². The van der Waals surface area contributed by atoms with Crippen molar-refractivity contribution < 1.29 is 33.0 Å². The highest BCUT2D eigenvalue weighted by Gasteiger charge is 2.48. The van der Waals surface area contributed by atoms with Gasteiger partial charge in [-0.1, -0.05) is 35.9 Å². The summed E-state index contributed by atoms with van der Waals surface area (Å²) in [6, 6.07) is 10.8. The predicted molar refractivity (Wildman–Crippen MR) is 186 cm³/mol. The summed E-state index contributed by atoms with van der Waals surface area (Å²) in [5.74, 6) is -0.855. The van der Waals surface area contributed by atoms with Crippen LogP contribution in [0.1, 0.15) is 61.6 Å². The molecule has 3 N–H and O–H groups in total. The molecule has 7 rings (SSSR count). The number of aryl methyl sites for hydroxylation is 1. The van der Waals surface area contributed by atoms with Crippen molar-refractivity contribution in [2.45, 2.75) is 74.5 Å². The molecule has 11 nitrogen and oxygen atoms in total. The number of hydrogen-bond donors (Lipinski definition) is 3. The molecule has 2 aliphatic carbocycles. The lowest BCUT2D eigenvalue weighted by Gasteiger charge is -2.45. The van der Waals surface area contributed by atoms with Crippen LogP contribution >= 0.6 is 11.6 Å². The van der Waals surface area contributed by atoms with E-state index in [1.165, 1.54) is 25.2 Å². The van der Waals surface area contributed by atoms with Crippen LogP contribution in [-0.4, -0.2) is 92.1 Å². The molecule has 2 aromatic carbocycles. The van der Waals surface area contributed by atoms with Crippen LogP contribution in [0.4, 0.5) is 5.69 Å². The van der Waals surface area contributed by atoms with E-state index < -0.39 is 40.1 Å². The van der Waals surface area contributed by atoms with Crippen molar-refractivity contribution in [3.63, 3.8) is 0 Å². The zero-order chi connectivity index (χ0) is 34.7. The summed E-state index contributed by atoms with van der Waals surface area (Å²) in [5, 5.41) is 24.2. The highest BCUT2D eigenvalue weighted by Crippen LogP contribution is 2.47. The molecular weight excluding hydrogens is 668 g/mol. The van der Waals surface area contributed by atoms with Crippen LogP contribution in [0.3, 0.4) is 0 Å². The Labute approximate surface area is 293 Å². The molecule has 5 aliphatic rings. The van der Waals surface area contributed by atoms with Gasteiger partial charge in [-0.05, 0) is 97.7 Å². The molecule has 49 heavy (non-hydrogen) atoms. The third-order valence-electron chi connectivity index (χ3n) is 11.6. The minimum atomic E-state index is -4.28. The molecule has 5 unspecified atom stereocenters. The van der Waals surface area contributed by atoms with E-state index in [9.17, 15) is 28.2 Å². The average molecular weight is 713 g/mol. The summed E-state index contributed by atoms with van der Waals surface area (Å²) < 4.78 is 35.1. The lowest BCUT2D eigenvalue weighted by Crippen LogP contribution is -2.56. The molecule has 2 bridgehead atoms. The zero-order valence-electron chi connectivity index (χ0n) is 28.0. The summed E-state index contributed by atoms with van der Waals surface area (Å²) in [7, 11) is -1.73. The molecule has 2 fully saturated rings. The van der Waals surface area contributed by atoms with Gasteiger partial charge in [0.2, 0.25) is 5.91 Å². The summed E-state index contributed by atoms with van der Waals surface area (Å²) in [4.78, 5) is 31.5. The van der Waals surface area contributed by atoms with E-state index in [0.29, 0.717) is 49.1 Å². The Balaban J connectivity index is 1.34. The monoisotopic (exact) mass is 712 g/mol. The predicted octanol–water partition coefficient (Wildman–Crippen LogP) is 3.26. The Morgan fingerprint density at radius 2 is 1.96 bits per heavy atom. The highest BCUT2D eigenvalue weighted by molar-refractivity contribution is 7.87. The van der Waals surface area contributed by atoms with E-state index >= 15 is 0 Å². The summed E-state index contributed by atoms with van der Waals surface area (Å²) in [5.41, 5.74) is 0.264. The second-order valence-corrected chi connectivity index (χ2v) is 17.0. The Morgan fingerprint density at radius 1 is 1.14 bits per heavy atom. The number of aliphatic hydroxyl groups excluding tert-OH is 1. The Bertz CT molecular complexity index is 1790. The number of fused-ring (bicyclic) bond motifs is 5. The smallest absolute Gasteiger partial charge is 0.303 e. The first kappa shape index (κ1) is 34.3. The quantitative estimate of drug-likeness (QED) is 0.413. The van der Waals surface area contributed by atoms with Crippen molar-refractivity contribution in [1.29, 1.82) is 0 Å². The van der Waals surface area contributed by atoms with Crippen LogP contribution in [0.2, 0.25) is 5.02 Å². The van der Waals surface area contributed by atoms with Crippen LogP contribution in [0.25, 0.3) is 0 Å². The average Bonchev–Trinajstić information content (AvgIpc) is 3.16. The van der Waals surface area contributed by atoms with Gasteiger partial charge in [-0.25, -0.2) is 4.72 Å². The van der Waals surface area contributed by atoms with E-state index in [0.717, 1.165) is 42.8 Å². The van der Waals surface area contributed by atoms with E-state index in [4.69, 9.17) is 16.3 Å². The number of benzene rings is 2. The molecule has 3 heterocycles. The first-order chi connectivity index (χ1) is 23.3. The largest absolute Gasteiger partial charge is 0.490 e. The van der Waals surface area contributed by atoms with Crippen molar-refractivity contribution in [3.05, 3.63) is 70.3 Å². The molecule has 0 aromatic heterocycles. The number of ether oxygens (including phenoxy) is 1. The number of halogens is 1. The van der Waals surface area contributed by atoms with E-state index in [1.807, 2.05) is 29.0 Å². The van der Waals surface area contributed by atoms with Gasteiger partial charge in [0.25, 0.3) is 5.91 Å². The lowest BCUT2D eigenvalue weighted by atomic mass is 9.68. The molecule has 6 atom stereocenters. The standard InChI is InChI=1S/C36H45ClN4O7S/c1-39(2)49(46,47)38-34(44)36(45)19-33(43)41-16-14-27(41)6-3-7-31(42)28-11-8-24(28)20-40-21-35(22-48-32-13-9-25(36)18-30(32)40)15-4-5-23-17-26(37)10-12-29(23)35/h3,7,9-10,12-13,17-18,24,27-28,31,42,45H,4-6,8,11,14-16,19-22H2,1-2H3,(H,38,44)/b7-3-/t24?,27-,28?,31?,35?,36?/m1/s1. The molecule has 2 amide bonds. The molecule has 1 saturated heterocycles. The molecule has 0 radical (unpaired) electrons. The number of amides is 2. The molecule has 1 saturated carbocycles. The van der Waals surface area contributed by atoms with Gasteiger partial charge in [0.1, 0.15) is 5.75 Å². The Hall–Kier alpha value is -3.16. The fourth-order valence-corrected chi connectivity index (χ4v) is 9.16. The maximum Gasteiger partial charge on any atom is 0.303 e. The second kappa shape index (κ2) is 12.9. The molecular formula is C36H45ClN4O7S. The minimum Gasteiger partial charge on any atom is -0.490 e. The third-order valence-corrected chi connectivity index (χ3v) is 13.2. The fourth-order valence-electron chi connectivity index (χ4n) is 8.38. The van der Waals surface area contributed by atoms with Crippen molar-refractivity contribution in [2.75, 3.05) is 45.2 Å². The SMILES string of the molecule is CN(C)S(=O)(=O)NC(=O)C1(O)CC(=O)N2CC[C@H]2C/C=C\C(O)C2CCC2CN2CC3(CCCc4cc(Cl)ccc43)COc3ccc1cc32. The second-order valence-electron chi connectivity index (χ2n) is 14.7. The first-order valence-electron chi connectivity index (χ1n) is 17.2. The summed E-state index contributed by atoms with van der Waals surface area (Å²) in [6.45, 7) is 2.06. The fraction of sp³-hybridized carbons (Fsp3) is 0.556. The number of nitrogens with zero attached hydrogens (tertiary/aromatic N) is 3. The number of anilines is 1. The van der Waals surface area contributed by atoms with E-state index in [-0.39, 0.29) is 28.9 Å². The van der Waals surface area contributed by atoms with Crippen molar-refractivity contribution >= 4 is 39.3 Å². The topological polar surface area (TPSA) is 140 Å². The maximum absolute atomic E-state index is 13.9. The van der Waals surface area contributed by atoms with Crippen molar-refractivity contribution in [3.8, 4) is 5.75 Å². The van der Waals surface area contributed by atoms with Crippen LogP contribution in [0.5, 0.6) is 5.75 Å². The van der Waals surface area contributed by atoms with Gasteiger partial charge in [-0.3, -0.25) is 9.59 Å². The van der Waals surface area contributed by atoms with E-state index in [1.54, 1.807) is 23.1 Å². The first-order valence-corrected chi connectivity index (χ1v) is 19.0. The number of nitrogens with one attached hydrogen (secondary N) is 1. The third kappa shape index (κ3) is 6.24. The molecule has 2 aromatic rings. The number of rotatable bonds is 3. The number of carbonyl (C=O) groups excluding carboxylic acids is 2. The van der Waals surface area contributed by atoms with Gasteiger partial charge < -0.3 is 24.7 Å². The van der Waals surface area contributed by atoms with Crippen LogP contribution in [0, 0.1) is 11.8 Å². The van der Waals surface area contributed by atoms with Gasteiger partial charge in [0.05, 0.1) is 24.8 Å².